The molecule has 102 valence electrons. The van der Waals surface area contributed by atoms with Gasteiger partial charge in [-0.25, -0.2) is 4.68 Å². The topological polar surface area (TPSA) is 50.9 Å². The Balaban J connectivity index is 2.02. The minimum Gasteiger partial charge on any atom is -0.390 e. The highest BCUT2D eigenvalue weighted by Gasteiger charge is 2.14. The maximum atomic E-state index is 9.44. The number of aliphatic hydroxyl groups is 1. The van der Waals surface area contributed by atoms with Gasteiger partial charge < -0.3 is 5.11 Å². The van der Waals surface area contributed by atoms with E-state index in [-0.39, 0.29) is 6.61 Å². The van der Waals surface area contributed by atoms with Crippen LogP contribution < -0.4 is 0 Å². The molecule has 0 spiro atoms. The number of thiophene rings is 1. The summed E-state index contributed by atoms with van der Waals surface area (Å²) in [7, 11) is 0. The Morgan fingerprint density at radius 3 is 2.65 bits per heavy atom. The highest BCUT2D eigenvalue weighted by atomic mass is 32.1. The lowest BCUT2D eigenvalue weighted by molar-refractivity contribution is 0.275. The van der Waals surface area contributed by atoms with E-state index in [0.29, 0.717) is 5.69 Å². The van der Waals surface area contributed by atoms with Crippen molar-refractivity contribution in [2.75, 3.05) is 0 Å². The van der Waals surface area contributed by atoms with Crippen LogP contribution in [0.25, 0.3) is 5.69 Å². The zero-order valence-corrected chi connectivity index (χ0v) is 12.0. The van der Waals surface area contributed by atoms with Crippen molar-refractivity contribution >= 4 is 11.3 Å². The van der Waals surface area contributed by atoms with Crippen LogP contribution in [0.5, 0.6) is 0 Å². The summed E-state index contributed by atoms with van der Waals surface area (Å²) in [6.45, 7) is 1.96. The Kier molecular flexibility index (Phi) is 3.62. The van der Waals surface area contributed by atoms with Gasteiger partial charge in [-0.15, -0.1) is 16.4 Å². The van der Waals surface area contributed by atoms with Crippen LogP contribution in [0.3, 0.4) is 0 Å². The number of benzene rings is 1. The fraction of sp³-hybridized carbons (Fsp3) is 0.200. The van der Waals surface area contributed by atoms with Crippen molar-refractivity contribution in [3.8, 4) is 5.69 Å². The molecule has 1 N–H and O–H groups in total. The molecule has 0 saturated heterocycles. The molecule has 0 saturated carbocycles. The first-order chi connectivity index (χ1) is 9.78. The highest BCUT2D eigenvalue weighted by molar-refractivity contribution is 7.09. The summed E-state index contributed by atoms with van der Waals surface area (Å²) < 4.78 is 1.81. The predicted octanol–water partition coefficient (Wildman–Crippen LogP) is 2.72. The maximum Gasteiger partial charge on any atom is 0.112 e. The summed E-state index contributed by atoms with van der Waals surface area (Å²) in [5.41, 5.74) is 3.75. The number of hydrogen-bond acceptors (Lipinski definition) is 4. The average Bonchev–Trinajstić information content (AvgIpc) is 3.10. The fourth-order valence-corrected chi connectivity index (χ4v) is 2.81. The molecule has 1 aromatic carbocycles. The number of hydrogen-bond donors (Lipinski definition) is 1. The highest BCUT2D eigenvalue weighted by Crippen LogP contribution is 2.20. The van der Waals surface area contributed by atoms with Crippen molar-refractivity contribution in [2.45, 2.75) is 20.0 Å². The summed E-state index contributed by atoms with van der Waals surface area (Å²) in [5, 5.41) is 19.7. The molecule has 20 heavy (non-hydrogen) atoms. The lowest BCUT2D eigenvalue weighted by Crippen LogP contribution is -2.04. The van der Waals surface area contributed by atoms with Crippen LogP contribution in [-0.2, 0) is 13.0 Å². The van der Waals surface area contributed by atoms with Gasteiger partial charge in [0, 0.05) is 11.3 Å². The molecule has 0 radical (unpaired) electrons. The van der Waals surface area contributed by atoms with Gasteiger partial charge in [0.05, 0.1) is 18.0 Å². The molecular formula is C15H15N3OS. The minimum absolute atomic E-state index is 0.0907. The molecule has 0 unspecified atom stereocenters. The second kappa shape index (κ2) is 5.56. The Morgan fingerprint density at radius 2 is 2.00 bits per heavy atom. The van der Waals surface area contributed by atoms with Crippen LogP contribution in [0, 0.1) is 6.92 Å². The van der Waals surface area contributed by atoms with Gasteiger partial charge in [0.15, 0.2) is 0 Å². The van der Waals surface area contributed by atoms with Gasteiger partial charge in [0.1, 0.15) is 5.69 Å². The van der Waals surface area contributed by atoms with Crippen LogP contribution in [-0.4, -0.2) is 20.1 Å². The average molecular weight is 285 g/mol. The number of aliphatic hydroxyl groups excluding tert-OH is 1. The number of aryl methyl sites for hydroxylation is 1. The van der Waals surface area contributed by atoms with Crippen molar-refractivity contribution in [3.05, 3.63) is 63.6 Å². The van der Waals surface area contributed by atoms with E-state index in [2.05, 4.69) is 23.3 Å². The van der Waals surface area contributed by atoms with E-state index >= 15 is 0 Å². The number of rotatable bonds is 4. The molecule has 2 aromatic heterocycles. The van der Waals surface area contributed by atoms with Gasteiger partial charge >= 0.3 is 0 Å². The Hall–Kier alpha value is -1.98. The lowest BCUT2D eigenvalue weighted by Gasteiger charge is -2.07. The predicted molar refractivity (Wildman–Crippen MR) is 79.1 cm³/mol. The van der Waals surface area contributed by atoms with Crippen molar-refractivity contribution < 1.29 is 5.11 Å². The van der Waals surface area contributed by atoms with Gasteiger partial charge in [-0.1, -0.05) is 29.0 Å². The van der Waals surface area contributed by atoms with Crippen LogP contribution in [0.4, 0.5) is 0 Å². The van der Waals surface area contributed by atoms with Crippen LogP contribution in [0.1, 0.15) is 21.8 Å². The third kappa shape index (κ3) is 2.50. The van der Waals surface area contributed by atoms with E-state index in [0.717, 1.165) is 17.8 Å². The number of aromatic nitrogens is 3. The first-order valence-electron chi connectivity index (χ1n) is 6.41. The third-order valence-electron chi connectivity index (χ3n) is 3.19. The molecule has 0 atom stereocenters. The van der Waals surface area contributed by atoms with E-state index < -0.39 is 0 Å². The fourth-order valence-electron chi connectivity index (χ4n) is 2.10. The number of nitrogens with zero attached hydrogens (tertiary/aromatic N) is 3. The van der Waals surface area contributed by atoms with E-state index in [1.54, 1.807) is 11.3 Å². The standard InChI is InChI=1S/C15H15N3OS/c1-11-4-6-12(7-5-11)18-15(14(10-19)16-17-18)9-13-3-2-8-20-13/h2-8,19H,9-10H2,1H3. The summed E-state index contributed by atoms with van der Waals surface area (Å²) in [5.74, 6) is 0. The normalized spacial score (nSPS) is 10.9. The molecule has 0 bridgehead atoms. The van der Waals surface area contributed by atoms with E-state index in [1.807, 2.05) is 40.4 Å². The first kappa shape index (κ1) is 13.0. The zero-order valence-electron chi connectivity index (χ0n) is 11.2. The summed E-state index contributed by atoms with van der Waals surface area (Å²) >= 11 is 1.70. The third-order valence-corrected chi connectivity index (χ3v) is 4.07. The smallest absolute Gasteiger partial charge is 0.112 e. The summed E-state index contributed by atoms with van der Waals surface area (Å²) in [4.78, 5) is 1.23. The largest absolute Gasteiger partial charge is 0.390 e. The summed E-state index contributed by atoms with van der Waals surface area (Å²) in [6.07, 6.45) is 0.731. The van der Waals surface area contributed by atoms with Gasteiger partial charge in [-0.05, 0) is 30.5 Å². The zero-order chi connectivity index (χ0) is 13.9. The van der Waals surface area contributed by atoms with Gasteiger partial charge in [-0.3, -0.25) is 0 Å². The van der Waals surface area contributed by atoms with Crippen molar-refractivity contribution in [1.29, 1.82) is 0 Å². The van der Waals surface area contributed by atoms with Gasteiger partial charge in [-0.2, -0.15) is 0 Å². The van der Waals surface area contributed by atoms with Crippen LogP contribution in [0.15, 0.2) is 41.8 Å². The second-order valence-electron chi connectivity index (χ2n) is 4.64. The minimum atomic E-state index is -0.0907. The SMILES string of the molecule is Cc1ccc(-n2nnc(CO)c2Cc2cccs2)cc1. The van der Waals surface area contributed by atoms with Crippen molar-refractivity contribution in [3.63, 3.8) is 0 Å². The van der Waals surface area contributed by atoms with Crippen molar-refractivity contribution in [2.24, 2.45) is 0 Å². The lowest BCUT2D eigenvalue weighted by atomic mass is 10.2. The Morgan fingerprint density at radius 1 is 1.20 bits per heavy atom. The molecule has 0 aliphatic rings. The van der Waals surface area contributed by atoms with Gasteiger partial charge in [0.2, 0.25) is 0 Å². The molecule has 2 heterocycles. The molecule has 0 amide bonds. The molecule has 4 nitrogen and oxygen atoms in total. The van der Waals surface area contributed by atoms with E-state index in [1.165, 1.54) is 10.4 Å². The van der Waals surface area contributed by atoms with Crippen LogP contribution >= 0.6 is 11.3 Å². The van der Waals surface area contributed by atoms with E-state index in [4.69, 9.17) is 0 Å². The van der Waals surface area contributed by atoms with Gasteiger partial charge in [0.25, 0.3) is 0 Å². The molecular weight excluding hydrogens is 270 g/mol. The Bertz CT molecular complexity index is 686. The molecule has 0 fully saturated rings. The maximum absolute atomic E-state index is 9.44. The van der Waals surface area contributed by atoms with Crippen LogP contribution in [0.2, 0.25) is 0 Å². The molecule has 3 aromatic rings. The summed E-state index contributed by atoms with van der Waals surface area (Å²) in [6, 6.07) is 12.2. The molecule has 0 aliphatic carbocycles. The monoisotopic (exact) mass is 285 g/mol. The quantitative estimate of drug-likeness (QED) is 0.802. The van der Waals surface area contributed by atoms with E-state index in [9.17, 15) is 5.11 Å². The second-order valence-corrected chi connectivity index (χ2v) is 5.68. The molecule has 5 heteroatoms. The molecule has 0 aliphatic heterocycles. The first-order valence-corrected chi connectivity index (χ1v) is 7.29. The van der Waals surface area contributed by atoms with Crippen molar-refractivity contribution in [1.82, 2.24) is 15.0 Å². The Labute approximate surface area is 121 Å². The molecule has 3 rings (SSSR count).